The topological polar surface area (TPSA) is 57.8 Å². The summed E-state index contributed by atoms with van der Waals surface area (Å²) in [5, 5.41) is 12.5. The minimum atomic E-state index is -0.232. The summed E-state index contributed by atoms with van der Waals surface area (Å²) in [6.45, 7) is 7.22. The monoisotopic (exact) mass is 327 g/mol. The largest absolute Gasteiger partial charge is 0.349 e. The molecule has 1 fully saturated rings. The van der Waals surface area contributed by atoms with E-state index in [1.165, 1.54) is 18.5 Å². The van der Waals surface area contributed by atoms with Crippen LogP contribution in [0.2, 0.25) is 0 Å². The van der Waals surface area contributed by atoms with Gasteiger partial charge in [-0.05, 0) is 50.8 Å². The fourth-order valence-electron chi connectivity index (χ4n) is 3.53. The fraction of sp³-hybridized carbons (Fsp3) is 0.600. The van der Waals surface area contributed by atoms with E-state index in [9.17, 15) is 10.1 Å². The third-order valence-electron chi connectivity index (χ3n) is 4.92. The molecule has 1 heterocycles. The molecule has 4 nitrogen and oxygen atoms in total. The van der Waals surface area contributed by atoms with Gasteiger partial charge in [-0.15, -0.1) is 0 Å². The zero-order valence-corrected chi connectivity index (χ0v) is 15.2. The maximum atomic E-state index is 12.5. The van der Waals surface area contributed by atoms with Crippen molar-refractivity contribution >= 4 is 12.0 Å². The Labute approximate surface area is 145 Å². The first-order valence-corrected chi connectivity index (χ1v) is 9.16. The Kier molecular flexibility index (Phi) is 6.66. The van der Waals surface area contributed by atoms with Crippen LogP contribution in [0.3, 0.4) is 0 Å². The van der Waals surface area contributed by atoms with Crippen molar-refractivity contribution in [2.75, 3.05) is 0 Å². The molecule has 2 rings (SSSR count). The quantitative estimate of drug-likeness (QED) is 0.499. The molecule has 0 bridgehead atoms. The van der Waals surface area contributed by atoms with Crippen molar-refractivity contribution in [3.63, 3.8) is 0 Å². The first-order chi connectivity index (χ1) is 11.6. The number of nitriles is 1. The van der Waals surface area contributed by atoms with Crippen LogP contribution in [-0.2, 0) is 11.3 Å². The van der Waals surface area contributed by atoms with Crippen LogP contribution in [0.4, 0.5) is 0 Å². The maximum Gasteiger partial charge on any atom is 0.262 e. The highest BCUT2D eigenvalue weighted by molar-refractivity contribution is 6.02. The number of nitrogens with one attached hydrogen (secondary N) is 1. The number of hydrogen-bond acceptors (Lipinski definition) is 2. The molecule has 0 spiro atoms. The summed E-state index contributed by atoms with van der Waals surface area (Å²) in [4.78, 5) is 12.5. The van der Waals surface area contributed by atoms with Gasteiger partial charge in [-0.2, -0.15) is 5.26 Å². The Hall–Kier alpha value is -2.02. The van der Waals surface area contributed by atoms with Gasteiger partial charge in [-0.25, -0.2) is 0 Å². The second kappa shape index (κ2) is 8.73. The first-order valence-electron chi connectivity index (χ1n) is 9.16. The van der Waals surface area contributed by atoms with E-state index in [0.717, 1.165) is 49.9 Å². The van der Waals surface area contributed by atoms with Gasteiger partial charge >= 0.3 is 0 Å². The summed E-state index contributed by atoms with van der Waals surface area (Å²) >= 11 is 0. The molecule has 1 saturated carbocycles. The minimum Gasteiger partial charge on any atom is -0.349 e. The van der Waals surface area contributed by atoms with E-state index >= 15 is 0 Å². The van der Waals surface area contributed by atoms with Crippen LogP contribution in [0.1, 0.15) is 68.8 Å². The average Bonchev–Trinajstić information content (AvgIpc) is 2.76. The molecule has 0 radical (unpaired) electrons. The van der Waals surface area contributed by atoms with Gasteiger partial charge in [0.25, 0.3) is 5.91 Å². The van der Waals surface area contributed by atoms with Crippen LogP contribution in [0, 0.1) is 25.2 Å². The Morgan fingerprint density at radius 3 is 2.58 bits per heavy atom. The number of hydrogen-bond donors (Lipinski definition) is 1. The third kappa shape index (κ3) is 4.50. The van der Waals surface area contributed by atoms with Crippen molar-refractivity contribution in [3.05, 3.63) is 28.6 Å². The summed E-state index contributed by atoms with van der Waals surface area (Å²) in [7, 11) is 0. The number of aryl methyl sites for hydroxylation is 1. The zero-order chi connectivity index (χ0) is 17.5. The van der Waals surface area contributed by atoms with Crippen LogP contribution in [0.5, 0.6) is 0 Å². The highest BCUT2D eigenvalue weighted by atomic mass is 16.1. The van der Waals surface area contributed by atoms with Gasteiger partial charge in [-0.3, -0.25) is 4.79 Å². The molecule has 4 heteroatoms. The predicted molar refractivity (Wildman–Crippen MR) is 97.4 cm³/mol. The van der Waals surface area contributed by atoms with Gasteiger partial charge in [0.1, 0.15) is 11.6 Å². The van der Waals surface area contributed by atoms with Gasteiger partial charge in [0, 0.05) is 24.0 Å². The third-order valence-corrected chi connectivity index (χ3v) is 4.92. The van der Waals surface area contributed by atoms with E-state index < -0.39 is 0 Å². The molecule has 1 aromatic heterocycles. The second-order valence-corrected chi connectivity index (χ2v) is 6.81. The smallest absolute Gasteiger partial charge is 0.262 e. The van der Waals surface area contributed by atoms with E-state index in [4.69, 9.17) is 0 Å². The molecule has 24 heavy (non-hydrogen) atoms. The van der Waals surface area contributed by atoms with Crippen LogP contribution in [0.25, 0.3) is 6.08 Å². The summed E-state index contributed by atoms with van der Waals surface area (Å²) in [5.41, 5.74) is 3.45. The van der Waals surface area contributed by atoms with Gasteiger partial charge < -0.3 is 9.88 Å². The second-order valence-electron chi connectivity index (χ2n) is 6.81. The van der Waals surface area contributed by atoms with Crippen molar-refractivity contribution in [2.24, 2.45) is 0 Å². The van der Waals surface area contributed by atoms with E-state index in [-0.39, 0.29) is 17.5 Å². The molecule has 0 aliphatic heterocycles. The Morgan fingerprint density at radius 1 is 1.33 bits per heavy atom. The van der Waals surface area contributed by atoms with Crippen LogP contribution in [0.15, 0.2) is 11.6 Å². The zero-order valence-electron chi connectivity index (χ0n) is 15.2. The molecule has 0 unspecified atom stereocenters. The molecular formula is C20H29N3O. The van der Waals surface area contributed by atoms with Crippen molar-refractivity contribution in [2.45, 2.75) is 78.3 Å². The number of rotatable bonds is 5. The van der Waals surface area contributed by atoms with E-state index in [1.54, 1.807) is 6.08 Å². The van der Waals surface area contributed by atoms with Crippen molar-refractivity contribution in [1.82, 2.24) is 9.88 Å². The predicted octanol–water partition coefficient (Wildman–Crippen LogP) is 4.26. The highest BCUT2D eigenvalue weighted by Gasteiger charge is 2.18. The standard InChI is InChI=1S/C20H29N3O/c1-4-11-23-15(2)12-17(16(23)3)13-18(14-21)20(24)22-19-9-7-5-6-8-10-19/h12-13,19H,4-11H2,1-3H3,(H,22,24)/b18-13+. The lowest BCUT2D eigenvalue weighted by molar-refractivity contribution is -0.117. The molecule has 1 aliphatic rings. The number of amides is 1. The summed E-state index contributed by atoms with van der Waals surface area (Å²) in [6, 6.07) is 4.35. The van der Waals surface area contributed by atoms with Crippen LogP contribution >= 0.6 is 0 Å². The molecule has 1 N–H and O–H groups in total. The summed E-state index contributed by atoms with van der Waals surface area (Å²) < 4.78 is 2.24. The van der Waals surface area contributed by atoms with Crippen LogP contribution < -0.4 is 5.32 Å². The van der Waals surface area contributed by atoms with E-state index in [2.05, 4.69) is 35.9 Å². The Bertz CT molecular complexity index is 641. The molecular weight excluding hydrogens is 298 g/mol. The Morgan fingerprint density at radius 2 is 2.00 bits per heavy atom. The van der Waals surface area contributed by atoms with Gasteiger partial charge in [-0.1, -0.05) is 32.6 Å². The van der Waals surface area contributed by atoms with Gasteiger partial charge in [0.05, 0.1) is 0 Å². The Balaban J connectivity index is 2.15. The van der Waals surface area contributed by atoms with Crippen molar-refractivity contribution < 1.29 is 4.79 Å². The van der Waals surface area contributed by atoms with Crippen LogP contribution in [-0.4, -0.2) is 16.5 Å². The normalized spacial score (nSPS) is 16.5. The van der Waals surface area contributed by atoms with Crippen molar-refractivity contribution in [1.29, 1.82) is 5.26 Å². The summed E-state index contributed by atoms with van der Waals surface area (Å²) in [6.07, 6.45) is 9.66. The lowest BCUT2D eigenvalue weighted by atomic mass is 10.1. The lowest BCUT2D eigenvalue weighted by Gasteiger charge is -2.15. The fourth-order valence-corrected chi connectivity index (χ4v) is 3.53. The molecule has 1 aromatic rings. The van der Waals surface area contributed by atoms with Crippen molar-refractivity contribution in [3.8, 4) is 6.07 Å². The lowest BCUT2D eigenvalue weighted by Crippen LogP contribution is -2.35. The number of carbonyl (C=O) groups is 1. The van der Waals surface area contributed by atoms with Gasteiger partial charge in [0.15, 0.2) is 0 Å². The molecule has 0 atom stereocenters. The molecule has 1 amide bonds. The minimum absolute atomic E-state index is 0.205. The molecule has 0 saturated heterocycles. The first kappa shape index (κ1) is 18.3. The highest BCUT2D eigenvalue weighted by Crippen LogP contribution is 2.20. The number of nitrogens with zero attached hydrogens (tertiary/aromatic N) is 2. The number of aromatic nitrogens is 1. The summed E-state index contributed by atoms with van der Waals surface area (Å²) in [5.74, 6) is -0.232. The number of carbonyl (C=O) groups excluding carboxylic acids is 1. The van der Waals surface area contributed by atoms with E-state index in [0.29, 0.717) is 0 Å². The van der Waals surface area contributed by atoms with E-state index in [1.807, 2.05) is 6.92 Å². The maximum absolute atomic E-state index is 12.5. The average molecular weight is 327 g/mol. The molecule has 0 aromatic carbocycles. The van der Waals surface area contributed by atoms with Gasteiger partial charge in [0.2, 0.25) is 0 Å². The molecule has 130 valence electrons. The molecule has 1 aliphatic carbocycles. The SMILES string of the molecule is CCCn1c(C)cc(/C=C(\C#N)C(=O)NC2CCCCCC2)c1C.